The predicted molar refractivity (Wildman–Crippen MR) is 78.7 cm³/mol. The minimum absolute atomic E-state index is 0.235. The molecule has 4 rings (SSSR count). The highest BCUT2D eigenvalue weighted by Crippen LogP contribution is 2.56. The van der Waals surface area contributed by atoms with Gasteiger partial charge in [0, 0.05) is 12.8 Å². The number of benzene rings is 1. The molecule has 1 saturated heterocycles. The molecule has 3 aliphatic rings. The zero-order valence-corrected chi connectivity index (χ0v) is 12.4. The maximum Gasteiger partial charge on any atom is 0.168 e. The average Bonchev–Trinajstić information content (AvgIpc) is 3.06. The zero-order chi connectivity index (χ0) is 13.6. The largest absolute Gasteiger partial charge is 0.348 e. The van der Waals surface area contributed by atoms with Gasteiger partial charge in [0.1, 0.15) is 0 Å². The molecule has 2 spiro atoms. The van der Waals surface area contributed by atoms with Gasteiger partial charge in [0.05, 0.1) is 13.2 Å². The second kappa shape index (κ2) is 4.57. The molecule has 1 aromatic carbocycles. The zero-order valence-electron chi connectivity index (χ0n) is 12.4. The third-order valence-corrected chi connectivity index (χ3v) is 6.01. The Balaban J connectivity index is 1.66. The summed E-state index contributed by atoms with van der Waals surface area (Å²) in [5, 5.41) is 0. The molecule has 1 saturated carbocycles. The number of fused-ring (bicyclic) bond motifs is 2. The van der Waals surface area contributed by atoms with Crippen LogP contribution in [0.15, 0.2) is 24.3 Å². The van der Waals surface area contributed by atoms with E-state index in [1.807, 2.05) is 0 Å². The Hall–Kier alpha value is -0.860. The van der Waals surface area contributed by atoms with Crippen LogP contribution in [0.3, 0.4) is 0 Å². The molecule has 0 amide bonds. The third kappa shape index (κ3) is 1.71. The van der Waals surface area contributed by atoms with E-state index in [-0.39, 0.29) is 5.79 Å². The lowest BCUT2D eigenvalue weighted by Crippen LogP contribution is -2.44. The molecule has 108 valence electrons. The first-order valence-electron chi connectivity index (χ1n) is 8.14. The first kappa shape index (κ1) is 12.8. The van der Waals surface area contributed by atoms with Gasteiger partial charge >= 0.3 is 0 Å². The Morgan fingerprint density at radius 1 is 1.05 bits per heavy atom. The van der Waals surface area contributed by atoms with Crippen LogP contribution in [0.5, 0.6) is 0 Å². The summed E-state index contributed by atoms with van der Waals surface area (Å²) in [6.45, 7) is 3.91. The second-order valence-corrected chi connectivity index (χ2v) is 6.73. The van der Waals surface area contributed by atoms with Gasteiger partial charge in [0.15, 0.2) is 5.79 Å². The molecule has 2 fully saturated rings. The van der Waals surface area contributed by atoms with E-state index in [9.17, 15) is 0 Å². The third-order valence-electron chi connectivity index (χ3n) is 6.01. The molecule has 20 heavy (non-hydrogen) atoms. The van der Waals surface area contributed by atoms with Crippen molar-refractivity contribution in [1.82, 2.24) is 0 Å². The number of hydrogen-bond acceptors (Lipinski definition) is 2. The van der Waals surface area contributed by atoms with Gasteiger partial charge < -0.3 is 9.47 Å². The van der Waals surface area contributed by atoms with Crippen LogP contribution < -0.4 is 0 Å². The highest BCUT2D eigenvalue weighted by molar-refractivity contribution is 5.41. The Morgan fingerprint density at radius 3 is 2.45 bits per heavy atom. The molecule has 2 heteroatoms. The van der Waals surface area contributed by atoms with E-state index in [4.69, 9.17) is 9.47 Å². The first-order chi connectivity index (χ1) is 9.78. The minimum Gasteiger partial charge on any atom is -0.348 e. The first-order valence-corrected chi connectivity index (χ1v) is 8.14. The molecule has 0 bridgehead atoms. The smallest absolute Gasteiger partial charge is 0.168 e. The second-order valence-electron chi connectivity index (χ2n) is 6.73. The summed E-state index contributed by atoms with van der Waals surface area (Å²) in [6.07, 6.45) is 7.13. The molecular formula is C18H24O2. The van der Waals surface area contributed by atoms with Crippen molar-refractivity contribution in [2.24, 2.45) is 5.92 Å². The van der Waals surface area contributed by atoms with Crippen LogP contribution in [-0.2, 0) is 21.3 Å². The van der Waals surface area contributed by atoms with Gasteiger partial charge in [0.2, 0.25) is 0 Å². The van der Waals surface area contributed by atoms with Crippen LogP contribution in [0.2, 0.25) is 0 Å². The molecule has 2 aliphatic carbocycles. The average molecular weight is 272 g/mol. The maximum absolute atomic E-state index is 5.92. The van der Waals surface area contributed by atoms with E-state index >= 15 is 0 Å². The van der Waals surface area contributed by atoms with Crippen molar-refractivity contribution in [3.63, 3.8) is 0 Å². The van der Waals surface area contributed by atoms with Crippen LogP contribution in [-0.4, -0.2) is 19.0 Å². The molecule has 1 atom stereocenters. The van der Waals surface area contributed by atoms with Crippen LogP contribution in [0, 0.1) is 5.92 Å². The fourth-order valence-electron chi connectivity index (χ4n) is 4.94. The summed E-state index contributed by atoms with van der Waals surface area (Å²) in [4.78, 5) is 0. The minimum atomic E-state index is -0.235. The van der Waals surface area contributed by atoms with E-state index < -0.39 is 0 Å². The van der Waals surface area contributed by atoms with Crippen molar-refractivity contribution in [3.05, 3.63) is 35.4 Å². The lowest BCUT2D eigenvalue weighted by molar-refractivity contribution is -0.187. The van der Waals surface area contributed by atoms with E-state index in [0.717, 1.165) is 32.0 Å². The number of ether oxygens (including phenoxy) is 2. The van der Waals surface area contributed by atoms with Crippen molar-refractivity contribution in [3.8, 4) is 0 Å². The maximum atomic E-state index is 5.92. The van der Waals surface area contributed by atoms with Crippen LogP contribution in [0.4, 0.5) is 0 Å². The Labute approximate surface area is 121 Å². The molecule has 1 aromatic rings. The normalized spacial score (nSPS) is 29.9. The van der Waals surface area contributed by atoms with Crippen LogP contribution in [0.1, 0.15) is 50.2 Å². The predicted octanol–water partition coefficient (Wildman–Crippen LogP) is 3.82. The summed E-state index contributed by atoms with van der Waals surface area (Å²) in [5.41, 5.74) is 3.61. The monoisotopic (exact) mass is 272 g/mol. The van der Waals surface area contributed by atoms with Gasteiger partial charge in [-0.1, -0.05) is 37.6 Å². The quantitative estimate of drug-likeness (QED) is 0.773. The molecule has 2 nitrogen and oxygen atoms in total. The lowest BCUT2D eigenvalue weighted by Gasteiger charge is -2.45. The Morgan fingerprint density at radius 2 is 1.75 bits per heavy atom. The van der Waals surface area contributed by atoms with E-state index in [2.05, 4.69) is 31.2 Å². The summed E-state index contributed by atoms with van der Waals surface area (Å²) in [7, 11) is 0. The lowest BCUT2D eigenvalue weighted by atomic mass is 9.63. The summed E-state index contributed by atoms with van der Waals surface area (Å²) < 4.78 is 11.8. The van der Waals surface area contributed by atoms with Crippen molar-refractivity contribution < 1.29 is 9.47 Å². The van der Waals surface area contributed by atoms with Gasteiger partial charge in [-0.15, -0.1) is 0 Å². The summed E-state index contributed by atoms with van der Waals surface area (Å²) in [6, 6.07) is 9.11. The SMILES string of the molecule is CCC1Cc2ccccc2C12CCC1(CC2)OCCO1. The molecule has 1 unspecified atom stereocenters. The van der Waals surface area contributed by atoms with E-state index in [1.165, 1.54) is 25.7 Å². The van der Waals surface area contributed by atoms with Gasteiger partial charge in [-0.2, -0.15) is 0 Å². The summed E-state index contributed by atoms with van der Waals surface area (Å²) in [5.74, 6) is 0.569. The fraction of sp³-hybridized carbons (Fsp3) is 0.667. The molecule has 0 radical (unpaired) electrons. The van der Waals surface area contributed by atoms with Crippen molar-refractivity contribution in [2.45, 2.75) is 56.7 Å². The van der Waals surface area contributed by atoms with Crippen LogP contribution in [0.25, 0.3) is 0 Å². The van der Waals surface area contributed by atoms with E-state index in [0.29, 0.717) is 5.41 Å². The molecule has 0 aromatic heterocycles. The van der Waals surface area contributed by atoms with Crippen LogP contribution >= 0.6 is 0 Å². The van der Waals surface area contributed by atoms with Crippen molar-refractivity contribution in [1.29, 1.82) is 0 Å². The molecule has 1 heterocycles. The fourth-order valence-corrected chi connectivity index (χ4v) is 4.94. The van der Waals surface area contributed by atoms with Crippen molar-refractivity contribution >= 4 is 0 Å². The van der Waals surface area contributed by atoms with Gasteiger partial charge in [-0.05, 0) is 41.7 Å². The van der Waals surface area contributed by atoms with Gasteiger partial charge in [0.25, 0.3) is 0 Å². The standard InChI is InChI=1S/C18H24O2/c1-2-15-13-14-5-3-4-6-16(14)17(15)7-9-18(10-8-17)19-11-12-20-18/h3-6,15H,2,7-13H2,1H3. The molecular weight excluding hydrogens is 248 g/mol. The highest BCUT2D eigenvalue weighted by atomic mass is 16.7. The van der Waals surface area contributed by atoms with Gasteiger partial charge in [-0.3, -0.25) is 0 Å². The van der Waals surface area contributed by atoms with Gasteiger partial charge in [-0.25, -0.2) is 0 Å². The number of hydrogen-bond donors (Lipinski definition) is 0. The Bertz CT molecular complexity index is 492. The topological polar surface area (TPSA) is 18.5 Å². The van der Waals surface area contributed by atoms with Crippen molar-refractivity contribution in [2.75, 3.05) is 13.2 Å². The Kier molecular flexibility index (Phi) is 2.94. The molecule has 0 N–H and O–H groups in total. The highest BCUT2D eigenvalue weighted by Gasteiger charge is 2.52. The number of rotatable bonds is 1. The summed E-state index contributed by atoms with van der Waals surface area (Å²) >= 11 is 0. The molecule has 1 aliphatic heterocycles. The van der Waals surface area contributed by atoms with E-state index in [1.54, 1.807) is 11.1 Å².